The molecule has 2 heterocycles. The summed E-state index contributed by atoms with van der Waals surface area (Å²) in [4.78, 5) is 12.6. The van der Waals surface area contributed by atoms with Crippen molar-refractivity contribution in [2.75, 3.05) is 31.7 Å². The van der Waals surface area contributed by atoms with E-state index in [1.165, 1.54) is 12.1 Å². The molecule has 1 atom stereocenters. The second-order valence-corrected chi connectivity index (χ2v) is 7.62. The van der Waals surface area contributed by atoms with E-state index in [4.69, 9.17) is 9.47 Å². The van der Waals surface area contributed by atoms with Crippen LogP contribution >= 0.6 is 0 Å². The maximum absolute atomic E-state index is 13.0. The molecule has 0 radical (unpaired) electrons. The first-order valence-electron chi connectivity index (χ1n) is 10.4. The van der Waals surface area contributed by atoms with Crippen LogP contribution in [0, 0.1) is 0 Å². The van der Waals surface area contributed by atoms with Crippen LogP contribution in [0.25, 0.3) is 11.3 Å². The zero-order chi connectivity index (χ0) is 23.4. The van der Waals surface area contributed by atoms with Crippen LogP contribution in [-0.4, -0.2) is 48.1 Å². The fourth-order valence-corrected chi connectivity index (χ4v) is 3.53. The van der Waals surface area contributed by atoms with Gasteiger partial charge in [-0.15, -0.1) is 0 Å². The van der Waals surface area contributed by atoms with Crippen molar-refractivity contribution in [1.29, 1.82) is 0 Å². The number of hydrogen-bond acceptors (Lipinski definition) is 5. The minimum atomic E-state index is -4.53. The highest BCUT2D eigenvalue weighted by atomic mass is 19.4. The first-order valence-corrected chi connectivity index (χ1v) is 10.4. The summed E-state index contributed by atoms with van der Waals surface area (Å²) < 4.78 is 52.1. The second-order valence-electron chi connectivity index (χ2n) is 7.62. The number of aromatic nitrogens is 2. The largest absolute Gasteiger partial charge is 0.491 e. The van der Waals surface area contributed by atoms with Gasteiger partial charge < -0.3 is 20.1 Å². The molecule has 3 aromatic rings. The number of amides is 1. The van der Waals surface area contributed by atoms with E-state index in [-0.39, 0.29) is 11.6 Å². The third-order valence-electron chi connectivity index (χ3n) is 5.22. The van der Waals surface area contributed by atoms with Gasteiger partial charge in [-0.3, -0.25) is 9.48 Å². The van der Waals surface area contributed by atoms with Crippen molar-refractivity contribution >= 4 is 11.6 Å². The standard InChI is InChI=1S/C23H23F3N4O3/c1-30-20(7-8-28-30)19-12-17(5-6-21(19)33-14-18-13-32-10-9-27-18)29-22(31)15-3-2-4-16(11-15)23(24,25)26/h2-8,11-12,18,27H,9-10,13-14H2,1H3,(H,29,31)/t18-/m0/s1. The Kier molecular flexibility index (Phi) is 6.66. The van der Waals surface area contributed by atoms with E-state index in [1.54, 1.807) is 36.1 Å². The SMILES string of the molecule is Cn1nccc1-c1cc(NC(=O)c2cccc(C(F)(F)F)c2)ccc1OC[C@@H]1COCCN1. The third kappa shape index (κ3) is 5.52. The summed E-state index contributed by atoms with van der Waals surface area (Å²) in [5.74, 6) is -0.0580. The second kappa shape index (κ2) is 9.63. The van der Waals surface area contributed by atoms with Crippen LogP contribution in [0.5, 0.6) is 5.75 Å². The number of morpholine rings is 1. The van der Waals surface area contributed by atoms with E-state index in [9.17, 15) is 18.0 Å². The smallest absolute Gasteiger partial charge is 0.416 e. The quantitative estimate of drug-likeness (QED) is 0.586. The van der Waals surface area contributed by atoms with Gasteiger partial charge in [-0.2, -0.15) is 18.3 Å². The Morgan fingerprint density at radius 1 is 1.27 bits per heavy atom. The van der Waals surface area contributed by atoms with Crippen LogP contribution in [0.3, 0.4) is 0 Å². The number of aryl methyl sites for hydroxylation is 1. The zero-order valence-electron chi connectivity index (χ0n) is 17.9. The number of anilines is 1. The van der Waals surface area contributed by atoms with Crippen molar-refractivity contribution in [3.63, 3.8) is 0 Å². The van der Waals surface area contributed by atoms with E-state index in [1.807, 2.05) is 6.07 Å². The molecule has 0 saturated carbocycles. The lowest BCUT2D eigenvalue weighted by molar-refractivity contribution is -0.137. The number of hydrogen-bond donors (Lipinski definition) is 2. The molecule has 1 saturated heterocycles. The average Bonchev–Trinajstić information content (AvgIpc) is 3.24. The van der Waals surface area contributed by atoms with Gasteiger partial charge in [0.15, 0.2) is 0 Å². The number of carbonyl (C=O) groups excluding carboxylic acids is 1. The highest BCUT2D eigenvalue weighted by Crippen LogP contribution is 2.33. The zero-order valence-corrected chi connectivity index (χ0v) is 17.9. The lowest BCUT2D eigenvalue weighted by atomic mass is 10.1. The molecule has 33 heavy (non-hydrogen) atoms. The predicted molar refractivity (Wildman–Crippen MR) is 116 cm³/mol. The molecule has 4 rings (SSSR count). The third-order valence-corrected chi connectivity index (χ3v) is 5.22. The first-order chi connectivity index (χ1) is 15.8. The molecule has 0 bridgehead atoms. The molecule has 174 valence electrons. The van der Waals surface area contributed by atoms with Gasteiger partial charge in [0.25, 0.3) is 5.91 Å². The fraction of sp³-hybridized carbons (Fsp3) is 0.304. The summed E-state index contributed by atoms with van der Waals surface area (Å²) in [5.41, 5.74) is 0.895. The Labute approximate surface area is 188 Å². The molecule has 1 aromatic heterocycles. The molecule has 2 N–H and O–H groups in total. The van der Waals surface area contributed by atoms with Gasteiger partial charge in [0, 0.05) is 36.6 Å². The lowest BCUT2D eigenvalue weighted by Gasteiger charge is -2.24. The molecule has 0 aliphatic carbocycles. The van der Waals surface area contributed by atoms with Crippen LogP contribution in [0.1, 0.15) is 15.9 Å². The summed E-state index contributed by atoms with van der Waals surface area (Å²) >= 11 is 0. The Morgan fingerprint density at radius 3 is 2.82 bits per heavy atom. The van der Waals surface area contributed by atoms with Crippen LogP contribution in [0.15, 0.2) is 54.7 Å². The molecule has 1 aliphatic rings. The molecular weight excluding hydrogens is 437 g/mol. The number of nitrogens with zero attached hydrogens (tertiary/aromatic N) is 2. The van der Waals surface area contributed by atoms with Gasteiger partial charge in [-0.1, -0.05) is 6.07 Å². The average molecular weight is 460 g/mol. The molecule has 1 fully saturated rings. The van der Waals surface area contributed by atoms with Crippen molar-refractivity contribution < 1.29 is 27.4 Å². The summed E-state index contributed by atoms with van der Waals surface area (Å²) in [6, 6.07) is 11.2. The maximum atomic E-state index is 13.0. The predicted octanol–water partition coefficient (Wildman–Crippen LogP) is 3.73. The number of nitrogens with one attached hydrogen (secondary N) is 2. The van der Waals surface area contributed by atoms with E-state index in [0.29, 0.717) is 36.8 Å². The molecule has 10 heteroatoms. The van der Waals surface area contributed by atoms with E-state index in [2.05, 4.69) is 15.7 Å². The van der Waals surface area contributed by atoms with Crippen molar-refractivity contribution in [2.24, 2.45) is 7.05 Å². The molecule has 7 nitrogen and oxygen atoms in total. The van der Waals surface area contributed by atoms with Gasteiger partial charge in [-0.05, 0) is 42.5 Å². The Hall–Kier alpha value is -3.37. The summed E-state index contributed by atoms with van der Waals surface area (Å²) in [7, 11) is 1.78. The Balaban J connectivity index is 1.56. The number of carbonyl (C=O) groups is 1. The van der Waals surface area contributed by atoms with Crippen molar-refractivity contribution in [3.8, 4) is 17.0 Å². The summed E-state index contributed by atoms with van der Waals surface area (Å²) in [5, 5.41) is 10.2. The molecule has 2 aromatic carbocycles. The molecule has 0 unspecified atom stereocenters. The normalized spacial score (nSPS) is 16.4. The van der Waals surface area contributed by atoms with Crippen molar-refractivity contribution in [1.82, 2.24) is 15.1 Å². The Bertz CT molecular complexity index is 1120. The number of rotatable bonds is 6. The summed E-state index contributed by atoms with van der Waals surface area (Å²) in [6.45, 7) is 2.35. The molecule has 1 aliphatic heterocycles. The molecular formula is C23H23F3N4O3. The van der Waals surface area contributed by atoms with Crippen molar-refractivity contribution in [2.45, 2.75) is 12.2 Å². The number of ether oxygens (including phenoxy) is 2. The van der Waals surface area contributed by atoms with E-state index in [0.717, 1.165) is 24.4 Å². The number of benzene rings is 2. The van der Waals surface area contributed by atoms with Gasteiger partial charge in [0.05, 0.1) is 30.5 Å². The van der Waals surface area contributed by atoms with E-state index < -0.39 is 17.6 Å². The Morgan fingerprint density at radius 2 is 2.12 bits per heavy atom. The topological polar surface area (TPSA) is 77.4 Å². The van der Waals surface area contributed by atoms with Gasteiger partial charge in [0.1, 0.15) is 12.4 Å². The molecule has 1 amide bonds. The van der Waals surface area contributed by atoms with Crippen LogP contribution < -0.4 is 15.4 Å². The molecule has 0 spiro atoms. The van der Waals surface area contributed by atoms with Crippen LogP contribution in [-0.2, 0) is 18.0 Å². The highest BCUT2D eigenvalue weighted by molar-refractivity contribution is 6.04. The van der Waals surface area contributed by atoms with Crippen LogP contribution in [0.2, 0.25) is 0 Å². The maximum Gasteiger partial charge on any atom is 0.416 e. The van der Waals surface area contributed by atoms with Gasteiger partial charge >= 0.3 is 6.18 Å². The van der Waals surface area contributed by atoms with Gasteiger partial charge in [-0.25, -0.2) is 0 Å². The fourth-order valence-electron chi connectivity index (χ4n) is 3.53. The first kappa shape index (κ1) is 22.8. The number of alkyl halides is 3. The van der Waals surface area contributed by atoms with E-state index >= 15 is 0 Å². The number of halogens is 3. The minimum Gasteiger partial charge on any atom is -0.491 e. The summed E-state index contributed by atoms with van der Waals surface area (Å²) in [6.07, 6.45) is -2.89. The lowest BCUT2D eigenvalue weighted by Crippen LogP contribution is -2.44. The highest BCUT2D eigenvalue weighted by Gasteiger charge is 2.31. The monoisotopic (exact) mass is 460 g/mol. The van der Waals surface area contributed by atoms with Gasteiger partial charge in [0.2, 0.25) is 0 Å². The minimum absolute atomic E-state index is 0.0541. The van der Waals surface area contributed by atoms with Crippen molar-refractivity contribution in [3.05, 3.63) is 65.9 Å². The van der Waals surface area contributed by atoms with Crippen LogP contribution in [0.4, 0.5) is 18.9 Å².